The highest BCUT2D eigenvalue weighted by Crippen LogP contribution is 2.06. The summed E-state index contributed by atoms with van der Waals surface area (Å²) < 4.78 is 0. The van der Waals surface area contributed by atoms with Gasteiger partial charge in [-0.15, -0.1) is 0 Å². The van der Waals surface area contributed by atoms with Gasteiger partial charge in [-0.2, -0.15) is 0 Å². The average molecular weight is 199 g/mol. The van der Waals surface area contributed by atoms with E-state index >= 15 is 0 Å². The number of aliphatic carboxylic acids is 1. The van der Waals surface area contributed by atoms with Crippen molar-refractivity contribution in [3.63, 3.8) is 0 Å². The van der Waals surface area contributed by atoms with Gasteiger partial charge in [0.05, 0.1) is 12.5 Å². The molecule has 0 spiro atoms. The second kappa shape index (κ2) is 3.88. The van der Waals surface area contributed by atoms with Crippen molar-refractivity contribution in [1.82, 2.24) is 9.97 Å². The van der Waals surface area contributed by atoms with Crippen molar-refractivity contribution in [3.05, 3.63) is 32.6 Å². The Morgan fingerprint density at radius 2 is 2.14 bits per heavy atom. The molecular formula is C7H9N3O4. The van der Waals surface area contributed by atoms with Crippen LogP contribution in [-0.4, -0.2) is 21.0 Å². The van der Waals surface area contributed by atoms with E-state index in [0.29, 0.717) is 0 Å². The Hall–Kier alpha value is -1.89. The molecule has 0 aromatic carbocycles. The Morgan fingerprint density at radius 1 is 1.50 bits per heavy atom. The van der Waals surface area contributed by atoms with Crippen LogP contribution in [0.15, 0.2) is 15.7 Å². The summed E-state index contributed by atoms with van der Waals surface area (Å²) in [5.74, 6) is -1.10. The van der Waals surface area contributed by atoms with E-state index in [9.17, 15) is 14.4 Å². The first-order chi connectivity index (χ1) is 6.49. The molecule has 1 unspecified atom stereocenters. The average Bonchev–Trinajstić information content (AvgIpc) is 2.00. The van der Waals surface area contributed by atoms with Gasteiger partial charge >= 0.3 is 11.7 Å². The van der Waals surface area contributed by atoms with E-state index in [1.807, 2.05) is 4.98 Å². The predicted octanol–water partition coefficient (Wildman–Crippen LogP) is -1.46. The SMILES string of the molecule is NC(CC(=O)O)c1cc(=O)[nH]c(=O)[nH]1. The number of carboxylic acids is 1. The van der Waals surface area contributed by atoms with E-state index in [1.54, 1.807) is 0 Å². The minimum Gasteiger partial charge on any atom is -0.481 e. The fraction of sp³-hybridized carbons (Fsp3) is 0.286. The largest absolute Gasteiger partial charge is 0.481 e. The third-order valence-corrected chi connectivity index (χ3v) is 1.58. The van der Waals surface area contributed by atoms with E-state index in [1.165, 1.54) is 0 Å². The number of nitrogens with two attached hydrogens (primary N) is 1. The molecule has 0 aliphatic rings. The number of carboxylic acid groups (broad SMARTS) is 1. The number of carbonyl (C=O) groups is 1. The standard InChI is InChI=1S/C7H9N3O4/c8-3(1-6(12)13)4-2-5(11)10-7(14)9-4/h2-3H,1,8H2,(H,12,13)(H2,9,10,11,14). The van der Waals surface area contributed by atoms with Crippen molar-refractivity contribution in [3.8, 4) is 0 Å². The summed E-state index contributed by atoms with van der Waals surface area (Å²) in [5, 5.41) is 8.43. The molecule has 0 fully saturated rings. The highest BCUT2D eigenvalue weighted by Gasteiger charge is 2.11. The number of aromatic amines is 2. The lowest BCUT2D eigenvalue weighted by Gasteiger charge is -2.07. The van der Waals surface area contributed by atoms with Crippen LogP contribution in [0, 0.1) is 0 Å². The maximum atomic E-state index is 10.8. The summed E-state index contributed by atoms with van der Waals surface area (Å²) in [6.07, 6.45) is -0.348. The Kier molecular flexibility index (Phi) is 2.82. The normalized spacial score (nSPS) is 12.4. The van der Waals surface area contributed by atoms with Gasteiger partial charge in [-0.3, -0.25) is 14.6 Å². The van der Waals surface area contributed by atoms with E-state index < -0.39 is 23.3 Å². The van der Waals surface area contributed by atoms with Crippen LogP contribution in [0.4, 0.5) is 0 Å². The highest BCUT2D eigenvalue weighted by molar-refractivity contribution is 5.67. The topological polar surface area (TPSA) is 129 Å². The van der Waals surface area contributed by atoms with Gasteiger partial charge in [0.15, 0.2) is 0 Å². The van der Waals surface area contributed by atoms with Crippen LogP contribution in [-0.2, 0) is 4.79 Å². The van der Waals surface area contributed by atoms with Crippen molar-refractivity contribution >= 4 is 5.97 Å². The summed E-state index contributed by atoms with van der Waals surface area (Å²) in [4.78, 5) is 36.1. The monoisotopic (exact) mass is 199 g/mol. The first kappa shape index (κ1) is 10.2. The van der Waals surface area contributed by atoms with Crippen molar-refractivity contribution in [1.29, 1.82) is 0 Å². The number of hydrogen-bond acceptors (Lipinski definition) is 4. The summed E-state index contributed by atoms with van der Waals surface area (Å²) in [7, 11) is 0. The first-order valence-corrected chi connectivity index (χ1v) is 3.80. The zero-order valence-electron chi connectivity index (χ0n) is 7.11. The Bertz CT molecular complexity index is 418. The predicted molar refractivity (Wildman–Crippen MR) is 46.9 cm³/mol. The van der Waals surface area contributed by atoms with Crippen LogP contribution in [0.25, 0.3) is 0 Å². The molecule has 7 heteroatoms. The van der Waals surface area contributed by atoms with Crippen LogP contribution in [0.3, 0.4) is 0 Å². The quantitative estimate of drug-likeness (QED) is 0.472. The minimum atomic E-state index is -1.10. The van der Waals surface area contributed by atoms with Gasteiger partial charge in [-0.25, -0.2) is 4.79 Å². The molecule has 0 saturated carbocycles. The molecule has 0 saturated heterocycles. The first-order valence-electron chi connectivity index (χ1n) is 3.80. The molecule has 0 aliphatic carbocycles. The van der Waals surface area contributed by atoms with Crippen LogP contribution in [0.2, 0.25) is 0 Å². The van der Waals surface area contributed by atoms with Gasteiger partial charge in [-0.1, -0.05) is 0 Å². The van der Waals surface area contributed by atoms with Crippen LogP contribution < -0.4 is 17.0 Å². The van der Waals surface area contributed by atoms with Crippen LogP contribution in [0.1, 0.15) is 18.2 Å². The third kappa shape index (κ3) is 2.56. The van der Waals surface area contributed by atoms with Gasteiger partial charge in [0.25, 0.3) is 5.56 Å². The minimum absolute atomic E-state index is 0.112. The Morgan fingerprint density at radius 3 is 2.64 bits per heavy atom. The van der Waals surface area contributed by atoms with Gasteiger partial charge < -0.3 is 15.8 Å². The molecule has 5 N–H and O–H groups in total. The van der Waals surface area contributed by atoms with Crippen molar-refractivity contribution in [2.24, 2.45) is 5.73 Å². The number of nitrogens with one attached hydrogen (secondary N) is 2. The van der Waals surface area contributed by atoms with Gasteiger partial charge in [0, 0.05) is 11.8 Å². The summed E-state index contributed by atoms with van der Waals surface area (Å²) in [6.45, 7) is 0. The summed E-state index contributed by atoms with van der Waals surface area (Å²) in [6, 6.07) is 0.178. The molecule has 1 aromatic rings. The summed E-state index contributed by atoms with van der Waals surface area (Å²) >= 11 is 0. The van der Waals surface area contributed by atoms with Gasteiger partial charge in [0.1, 0.15) is 0 Å². The zero-order valence-corrected chi connectivity index (χ0v) is 7.11. The van der Waals surface area contributed by atoms with Crippen LogP contribution in [0.5, 0.6) is 0 Å². The summed E-state index contributed by atoms with van der Waals surface area (Å²) in [5.41, 5.74) is 4.23. The number of H-pyrrole nitrogens is 2. The molecule has 1 rings (SSSR count). The molecule has 0 amide bonds. The van der Waals surface area contributed by atoms with Gasteiger partial charge in [0.2, 0.25) is 0 Å². The van der Waals surface area contributed by atoms with E-state index in [0.717, 1.165) is 6.07 Å². The molecular weight excluding hydrogens is 190 g/mol. The fourth-order valence-corrected chi connectivity index (χ4v) is 0.985. The zero-order chi connectivity index (χ0) is 10.7. The molecule has 1 atom stereocenters. The maximum absolute atomic E-state index is 10.8. The van der Waals surface area contributed by atoms with E-state index in [4.69, 9.17) is 10.8 Å². The lowest BCUT2D eigenvalue weighted by molar-refractivity contribution is -0.137. The van der Waals surface area contributed by atoms with Crippen LogP contribution >= 0.6 is 0 Å². The van der Waals surface area contributed by atoms with E-state index in [-0.39, 0.29) is 12.1 Å². The number of aromatic nitrogens is 2. The fourth-order valence-electron chi connectivity index (χ4n) is 0.985. The second-order valence-corrected chi connectivity index (χ2v) is 2.75. The molecule has 1 heterocycles. The van der Waals surface area contributed by atoms with E-state index in [2.05, 4.69) is 4.98 Å². The highest BCUT2D eigenvalue weighted by atomic mass is 16.4. The second-order valence-electron chi connectivity index (χ2n) is 2.75. The van der Waals surface area contributed by atoms with Crippen molar-refractivity contribution < 1.29 is 9.90 Å². The van der Waals surface area contributed by atoms with Crippen molar-refractivity contribution in [2.75, 3.05) is 0 Å². The molecule has 0 aliphatic heterocycles. The Balaban J connectivity index is 3.01. The maximum Gasteiger partial charge on any atom is 0.325 e. The van der Waals surface area contributed by atoms with Crippen molar-refractivity contribution in [2.45, 2.75) is 12.5 Å². The lowest BCUT2D eigenvalue weighted by atomic mass is 10.1. The van der Waals surface area contributed by atoms with Gasteiger partial charge in [-0.05, 0) is 0 Å². The Labute approximate surface area is 77.6 Å². The smallest absolute Gasteiger partial charge is 0.325 e. The lowest BCUT2D eigenvalue weighted by Crippen LogP contribution is -2.27. The molecule has 7 nitrogen and oxygen atoms in total. The number of hydrogen-bond donors (Lipinski definition) is 4. The number of rotatable bonds is 3. The molecule has 1 aromatic heterocycles. The molecule has 0 bridgehead atoms. The molecule has 0 radical (unpaired) electrons. The third-order valence-electron chi connectivity index (χ3n) is 1.58. The molecule has 76 valence electrons. The molecule has 14 heavy (non-hydrogen) atoms.